The van der Waals surface area contributed by atoms with E-state index in [1.54, 1.807) is 0 Å². The van der Waals surface area contributed by atoms with Crippen LogP contribution in [0.25, 0.3) is 28.5 Å². The number of esters is 1. The van der Waals surface area contributed by atoms with Gasteiger partial charge >= 0.3 is 5.97 Å². The van der Waals surface area contributed by atoms with Gasteiger partial charge in [0.1, 0.15) is 11.4 Å². The summed E-state index contributed by atoms with van der Waals surface area (Å²) in [5.41, 5.74) is 7.86. The SMILES string of the molecule is CC(C)c1nc2c(c(-c3ccc(F)cc3)c1/C=C/[C@@H]1C[C@H](CC(=O)OC(C)(C)C)OC(C)(C)O1)CCCc1ccc(C(=O)NCCCN(C)C)cc1-2. The van der Waals surface area contributed by atoms with Crippen LogP contribution in [-0.2, 0) is 31.8 Å². The molecule has 0 unspecified atom stereocenters. The molecule has 1 aliphatic heterocycles. The summed E-state index contributed by atoms with van der Waals surface area (Å²) in [5, 5.41) is 3.08. The first-order valence-corrected chi connectivity index (χ1v) is 18.6. The highest BCUT2D eigenvalue weighted by atomic mass is 19.1. The lowest BCUT2D eigenvalue weighted by Gasteiger charge is -2.40. The van der Waals surface area contributed by atoms with Crippen molar-refractivity contribution in [1.29, 1.82) is 0 Å². The molecule has 3 aromatic rings. The molecule has 52 heavy (non-hydrogen) atoms. The molecule has 2 aromatic carbocycles. The number of rotatable bonds is 11. The number of nitrogens with one attached hydrogen (secondary N) is 1. The summed E-state index contributed by atoms with van der Waals surface area (Å²) in [6.07, 6.45) is 7.41. The van der Waals surface area contributed by atoms with Crippen LogP contribution in [0.3, 0.4) is 0 Å². The molecule has 2 aliphatic rings. The number of pyridine rings is 1. The van der Waals surface area contributed by atoms with E-state index >= 15 is 0 Å². The largest absolute Gasteiger partial charge is 0.460 e. The Bertz CT molecular complexity index is 1770. The zero-order valence-electron chi connectivity index (χ0n) is 32.4. The number of carbonyl (C=O) groups excluding carboxylic acids is 2. The molecule has 2 atom stereocenters. The van der Waals surface area contributed by atoms with Crippen molar-refractivity contribution in [2.24, 2.45) is 0 Å². The van der Waals surface area contributed by atoms with Crippen LogP contribution in [0.15, 0.2) is 48.5 Å². The molecule has 1 amide bonds. The highest BCUT2D eigenvalue weighted by Gasteiger charge is 2.36. The fourth-order valence-electron chi connectivity index (χ4n) is 7.15. The lowest BCUT2D eigenvalue weighted by Crippen LogP contribution is -2.45. The number of aryl methyl sites for hydroxylation is 1. The van der Waals surface area contributed by atoms with Gasteiger partial charge in [-0.25, -0.2) is 4.39 Å². The van der Waals surface area contributed by atoms with Crippen molar-refractivity contribution in [3.05, 3.63) is 82.3 Å². The second kappa shape index (κ2) is 16.4. The molecule has 1 aromatic heterocycles. The number of hydrogen-bond donors (Lipinski definition) is 1. The number of hydrogen-bond acceptors (Lipinski definition) is 7. The van der Waals surface area contributed by atoms with Crippen molar-refractivity contribution < 1.29 is 28.2 Å². The van der Waals surface area contributed by atoms with Crippen LogP contribution >= 0.6 is 0 Å². The molecule has 2 heterocycles. The Morgan fingerprint density at radius 2 is 1.83 bits per heavy atom. The van der Waals surface area contributed by atoms with Gasteiger partial charge in [0, 0.05) is 29.7 Å². The van der Waals surface area contributed by atoms with E-state index in [0.717, 1.165) is 77.0 Å². The highest BCUT2D eigenvalue weighted by Crippen LogP contribution is 2.42. The molecule has 1 aliphatic carbocycles. The van der Waals surface area contributed by atoms with Crippen LogP contribution in [0.1, 0.15) is 113 Å². The fourth-order valence-corrected chi connectivity index (χ4v) is 7.15. The second-order valence-electron chi connectivity index (χ2n) is 16.1. The Labute approximate surface area is 309 Å². The molecule has 5 rings (SSSR count). The van der Waals surface area contributed by atoms with E-state index < -0.39 is 11.4 Å². The quantitative estimate of drug-likeness (QED) is 0.158. The minimum atomic E-state index is -0.910. The molecule has 0 radical (unpaired) electrons. The number of halogens is 1. The van der Waals surface area contributed by atoms with Gasteiger partial charge in [-0.2, -0.15) is 0 Å². The van der Waals surface area contributed by atoms with E-state index in [0.29, 0.717) is 18.5 Å². The van der Waals surface area contributed by atoms with E-state index in [1.807, 2.05) is 79.1 Å². The molecule has 1 fully saturated rings. The van der Waals surface area contributed by atoms with Gasteiger partial charge in [0.05, 0.1) is 30.0 Å². The summed E-state index contributed by atoms with van der Waals surface area (Å²) < 4.78 is 32.4. The van der Waals surface area contributed by atoms with Gasteiger partial charge in [0.2, 0.25) is 0 Å². The molecular weight excluding hydrogens is 657 g/mol. The van der Waals surface area contributed by atoms with Gasteiger partial charge in [0.15, 0.2) is 5.79 Å². The standard InChI is InChI=1S/C43H56FN3O5/c1-27(2)39-35(21-20-32-25-33(51-43(6,7)50-32)26-37(48)52-42(3,4)5)38(29-16-18-31(44)19-17-29)34-13-10-12-28-14-15-30(24-36(28)40(34)46-39)41(49)45-22-11-23-47(8)9/h14-21,24,27,32-33H,10-13,22-23,25-26H2,1-9H3,(H,45,49)/b21-20+/t32-,33-/m1/s1. The average Bonchev–Trinajstić information content (AvgIpc) is 3.22. The van der Waals surface area contributed by atoms with E-state index in [1.165, 1.54) is 12.1 Å². The number of benzene rings is 2. The predicted octanol–water partition coefficient (Wildman–Crippen LogP) is 8.50. The van der Waals surface area contributed by atoms with Crippen LogP contribution in [0.4, 0.5) is 4.39 Å². The van der Waals surface area contributed by atoms with E-state index in [-0.39, 0.29) is 42.2 Å². The molecule has 1 saturated heterocycles. The molecule has 280 valence electrons. The first-order chi connectivity index (χ1) is 24.5. The number of carbonyl (C=O) groups is 2. The van der Waals surface area contributed by atoms with Crippen molar-refractivity contribution in [3.8, 4) is 22.4 Å². The molecule has 9 heteroatoms. The zero-order valence-corrected chi connectivity index (χ0v) is 32.4. The monoisotopic (exact) mass is 713 g/mol. The van der Waals surface area contributed by atoms with E-state index in [4.69, 9.17) is 19.2 Å². The second-order valence-corrected chi connectivity index (χ2v) is 16.1. The van der Waals surface area contributed by atoms with Gasteiger partial charge in [-0.1, -0.05) is 44.2 Å². The van der Waals surface area contributed by atoms with Crippen LogP contribution in [0.5, 0.6) is 0 Å². The predicted molar refractivity (Wildman–Crippen MR) is 205 cm³/mol. The van der Waals surface area contributed by atoms with Gasteiger partial charge < -0.3 is 24.4 Å². The zero-order chi connectivity index (χ0) is 37.8. The maximum absolute atomic E-state index is 14.3. The Kier molecular flexibility index (Phi) is 12.4. The molecule has 0 saturated carbocycles. The molecule has 0 spiro atoms. The summed E-state index contributed by atoms with van der Waals surface area (Å²) in [7, 11) is 4.05. The van der Waals surface area contributed by atoms with Crippen molar-refractivity contribution in [3.63, 3.8) is 0 Å². The summed E-state index contributed by atoms with van der Waals surface area (Å²) in [6, 6.07) is 12.6. The molecule has 8 nitrogen and oxygen atoms in total. The van der Waals surface area contributed by atoms with Gasteiger partial charge in [-0.05, 0) is 133 Å². The third-order valence-corrected chi connectivity index (χ3v) is 9.29. The highest BCUT2D eigenvalue weighted by molar-refractivity contribution is 5.96. The minimum absolute atomic E-state index is 0.0472. The number of fused-ring (bicyclic) bond motifs is 3. The van der Waals surface area contributed by atoms with Gasteiger partial charge in [-0.15, -0.1) is 0 Å². The third kappa shape index (κ3) is 10.1. The summed E-state index contributed by atoms with van der Waals surface area (Å²) in [6.45, 7) is 15.0. The van der Waals surface area contributed by atoms with Crippen LogP contribution in [-0.4, -0.2) is 72.5 Å². The summed E-state index contributed by atoms with van der Waals surface area (Å²) >= 11 is 0. The Morgan fingerprint density at radius 1 is 1.10 bits per heavy atom. The molecule has 1 N–H and O–H groups in total. The average molecular weight is 714 g/mol. The minimum Gasteiger partial charge on any atom is -0.460 e. The maximum atomic E-state index is 14.3. The normalized spacial score (nSPS) is 18.6. The van der Waals surface area contributed by atoms with Crippen LogP contribution in [0, 0.1) is 5.82 Å². The van der Waals surface area contributed by atoms with E-state index in [2.05, 4.69) is 36.2 Å². The van der Waals surface area contributed by atoms with Crippen molar-refractivity contribution in [1.82, 2.24) is 15.2 Å². The Balaban J connectivity index is 1.57. The maximum Gasteiger partial charge on any atom is 0.308 e. The Morgan fingerprint density at radius 3 is 2.50 bits per heavy atom. The van der Waals surface area contributed by atoms with Crippen LogP contribution in [0.2, 0.25) is 0 Å². The van der Waals surface area contributed by atoms with Gasteiger partial charge in [-0.3, -0.25) is 14.6 Å². The number of ether oxygens (including phenoxy) is 3. The Hall–Kier alpha value is -3.92. The first-order valence-electron chi connectivity index (χ1n) is 18.6. The number of aromatic nitrogens is 1. The molecule has 0 bridgehead atoms. The van der Waals surface area contributed by atoms with Crippen LogP contribution < -0.4 is 5.32 Å². The van der Waals surface area contributed by atoms with Gasteiger partial charge in [0.25, 0.3) is 5.91 Å². The van der Waals surface area contributed by atoms with Crippen molar-refractivity contribution in [2.75, 3.05) is 27.2 Å². The fraction of sp³-hybridized carbons (Fsp3) is 0.512. The topological polar surface area (TPSA) is 90.0 Å². The summed E-state index contributed by atoms with van der Waals surface area (Å²) in [5.74, 6) is -1.57. The van der Waals surface area contributed by atoms with E-state index in [9.17, 15) is 14.0 Å². The first kappa shape index (κ1) is 39.3. The number of nitrogens with zero attached hydrogens (tertiary/aromatic N) is 2. The third-order valence-electron chi connectivity index (χ3n) is 9.29. The molecular formula is C43H56FN3O5. The smallest absolute Gasteiger partial charge is 0.308 e. The lowest BCUT2D eigenvalue weighted by atomic mass is 9.86. The number of amides is 1. The summed E-state index contributed by atoms with van der Waals surface area (Å²) in [4.78, 5) is 33.6. The van der Waals surface area contributed by atoms with Crippen molar-refractivity contribution in [2.45, 2.75) is 117 Å². The lowest BCUT2D eigenvalue weighted by molar-refractivity contribution is -0.290. The van der Waals surface area contributed by atoms with Crippen molar-refractivity contribution >= 4 is 18.0 Å².